The maximum Gasteiger partial charge on any atom is 0.220 e. The van der Waals surface area contributed by atoms with Gasteiger partial charge in [-0.05, 0) is 12.8 Å². The van der Waals surface area contributed by atoms with E-state index in [-0.39, 0.29) is 11.8 Å². The molecule has 52 valence electrons. The Bertz CT molecular complexity index is 109. The summed E-state index contributed by atoms with van der Waals surface area (Å²) in [7, 11) is 0. The molecular formula is C7H13NO. The summed E-state index contributed by atoms with van der Waals surface area (Å²) in [6.45, 7) is 5.37. The van der Waals surface area contributed by atoms with E-state index in [4.69, 9.17) is 5.73 Å². The molecule has 0 aromatic rings. The first-order valence-electron chi connectivity index (χ1n) is 3.08. The number of carbonyl (C=O) groups excluding carboxylic acids is 1. The van der Waals surface area contributed by atoms with Crippen LogP contribution in [0, 0.1) is 5.92 Å². The Morgan fingerprint density at radius 1 is 1.89 bits per heavy atom. The van der Waals surface area contributed by atoms with E-state index >= 15 is 0 Å². The minimum absolute atomic E-state index is 0.0111. The zero-order valence-corrected chi connectivity index (χ0v) is 5.76. The summed E-state index contributed by atoms with van der Waals surface area (Å²) >= 11 is 0. The van der Waals surface area contributed by atoms with Gasteiger partial charge in [0.15, 0.2) is 0 Å². The zero-order valence-electron chi connectivity index (χ0n) is 5.76. The molecule has 0 rings (SSSR count). The van der Waals surface area contributed by atoms with Gasteiger partial charge in [0, 0.05) is 5.92 Å². The van der Waals surface area contributed by atoms with E-state index in [1.165, 1.54) is 0 Å². The Labute approximate surface area is 55.7 Å². The van der Waals surface area contributed by atoms with E-state index in [1.807, 2.05) is 6.92 Å². The zero-order chi connectivity index (χ0) is 7.28. The first-order chi connectivity index (χ1) is 4.18. The van der Waals surface area contributed by atoms with E-state index in [0.29, 0.717) is 0 Å². The van der Waals surface area contributed by atoms with Gasteiger partial charge in [-0.2, -0.15) is 0 Å². The van der Waals surface area contributed by atoms with Gasteiger partial charge < -0.3 is 5.73 Å². The molecule has 0 aromatic carbocycles. The van der Waals surface area contributed by atoms with E-state index in [0.717, 1.165) is 12.8 Å². The fraction of sp³-hybridized carbons (Fsp3) is 0.571. The minimum atomic E-state index is -0.225. The van der Waals surface area contributed by atoms with Gasteiger partial charge in [-0.3, -0.25) is 4.79 Å². The first-order valence-corrected chi connectivity index (χ1v) is 3.08. The summed E-state index contributed by atoms with van der Waals surface area (Å²) in [5.41, 5.74) is 5.00. The lowest BCUT2D eigenvalue weighted by atomic mass is 10.1. The van der Waals surface area contributed by atoms with Crippen LogP contribution in [0.5, 0.6) is 0 Å². The number of allylic oxidation sites excluding steroid dienone is 1. The molecule has 0 aromatic heterocycles. The monoisotopic (exact) mass is 127 g/mol. The van der Waals surface area contributed by atoms with Crippen molar-refractivity contribution in [2.45, 2.75) is 19.8 Å². The molecule has 2 nitrogen and oxygen atoms in total. The van der Waals surface area contributed by atoms with Gasteiger partial charge in [-0.15, -0.1) is 6.58 Å². The Balaban J connectivity index is 3.37. The van der Waals surface area contributed by atoms with Crippen molar-refractivity contribution >= 4 is 5.91 Å². The average molecular weight is 127 g/mol. The molecule has 1 amide bonds. The smallest absolute Gasteiger partial charge is 0.220 e. The lowest BCUT2D eigenvalue weighted by Gasteiger charge is -2.02. The van der Waals surface area contributed by atoms with Gasteiger partial charge in [0.25, 0.3) is 0 Å². The van der Waals surface area contributed by atoms with Crippen molar-refractivity contribution in [2.24, 2.45) is 11.7 Å². The fourth-order valence-corrected chi connectivity index (χ4v) is 0.510. The predicted molar refractivity (Wildman–Crippen MR) is 37.8 cm³/mol. The maximum atomic E-state index is 10.4. The van der Waals surface area contributed by atoms with Crippen LogP contribution in [-0.4, -0.2) is 5.91 Å². The molecule has 0 spiro atoms. The molecule has 0 aliphatic heterocycles. The Morgan fingerprint density at radius 3 is 2.78 bits per heavy atom. The Kier molecular flexibility index (Phi) is 3.76. The van der Waals surface area contributed by atoms with Crippen LogP contribution in [0.1, 0.15) is 19.8 Å². The van der Waals surface area contributed by atoms with Crippen molar-refractivity contribution in [1.29, 1.82) is 0 Å². The van der Waals surface area contributed by atoms with E-state index in [1.54, 1.807) is 6.08 Å². The second-order valence-corrected chi connectivity index (χ2v) is 2.17. The molecule has 2 N–H and O–H groups in total. The van der Waals surface area contributed by atoms with Crippen LogP contribution in [0.3, 0.4) is 0 Å². The van der Waals surface area contributed by atoms with E-state index < -0.39 is 0 Å². The van der Waals surface area contributed by atoms with Crippen molar-refractivity contribution in [2.75, 3.05) is 0 Å². The molecule has 0 bridgehead atoms. The highest BCUT2D eigenvalue weighted by molar-refractivity contribution is 5.76. The van der Waals surface area contributed by atoms with Crippen molar-refractivity contribution in [3.63, 3.8) is 0 Å². The highest BCUT2D eigenvalue weighted by Crippen LogP contribution is 2.03. The Hall–Kier alpha value is -0.790. The number of primary amides is 1. The summed E-state index contributed by atoms with van der Waals surface area (Å²) in [5.74, 6) is -0.236. The van der Waals surface area contributed by atoms with Crippen molar-refractivity contribution in [3.05, 3.63) is 12.7 Å². The summed E-state index contributed by atoms with van der Waals surface area (Å²) in [6, 6.07) is 0. The first kappa shape index (κ1) is 8.21. The lowest BCUT2D eigenvalue weighted by molar-refractivity contribution is -0.121. The third-order valence-corrected chi connectivity index (χ3v) is 1.29. The fourth-order valence-electron chi connectivity index (χ4n) is 0.510. The van der Waals surface area contributed by atoms with Crippen molar-refractivity contribution < 1.29 is 4.79 Å². The molecule has 0 radical (unpaired) electrons. The molecule has 1 unspecified atom stereocenters. The predicted octanol–water partition coefficient (Wildman–Crippen LogP) is 1.07. The van der Waals surface area contributed by atoms with Crippen LogP contribution in [0.4, 0.5) is 0 Å². The average Bonchev–Trinajstić information content (AvgIpc) is 1.82. The molecule has 0 aliphatic rings. The topological polar surface area (TPSA) is 43.1 Å². The van der Waals surface area contributed by atoms with Crippen LogP contribution in [0.2, 0.25) is 0 Å². The molecule has 2 heteroatoms. The normalized spacial score (nSPS) is 12.6. The summed E-state index contributed by atoms with van der Waals surface area (Å²) in [4.78, 5) is 10.4. The molecule has 0 saturated carbocycles. The Morgan fingerprint density at radius 2 is 2.44 bits per heavy atom. The summed E-state index contributed by atoms with van der Waals surface area (Å²) < 4.78 is 0. The molecule has 0 fully saturated rings. The lowest BCUT2D eigenvalue weighted by Crippen LogP contribution is -2.19. The third kappa shape index (κ3) is 3.76. The van der Waals surface area contributed by atoms with Crippen LogP contribution in [-0.2, 0) is 4.79 Å². The SMILES string of the molecule is C=CCCC(C)C(N)=O. The number of nitrogens with two attached hydrogens (primary N) is 1. The second-order valence-electron chi connectivity index (χ2n) is 2.17. The highest BCUT2D eigenvalue weighted by atomic mass is 16.1. The van der Waals surface area contributed by atoms with Crippen LogP contribution in [0.25, 0.3) is 0 Å². The molecule has 0 aliphatic carbocycles. The summed E-state index contributed by atoms with van der Waals surface area (Å²) in [6.07, 6.45) is 3.47. The largest absolute Gasteiger partial charge is 0.369 e. The van der Waals surface area contributed by atoms with Gasteiger partial charge in [0.1, 0.15) is 0 Å². The van der Waals surface area contributed by atoms with Crippen LogP contribution < -0.4 is 5.73 Å². The second kappa shape index (κ2) is 4.13. The minimum Gasteiger partial charge on any atom is -0.369 e. The van der Waals surface area contributed by atoms with Crippen LogP contribution >= 0.6 is 0 Å². The van der Waals surface area contributed by atoms with E-state index in [9.17, 15) is 4.79 Å². The van der Waals surface area contributed by atoms with E-state index in [2.05, 4.69) is 6.58 Å². The number of hydrogen-bond acceptors (Lipinski definition) is 1. The molecule has 1 atom stereocenters. The number of amides is 1. The maximum absolute atomic E-state index is 10.4. The quantitative estimate of drug-likeness (QED) is 0.564. The third-order valence-electron chi connectivity index (χ3n) is 1.29. The molecule has 9 heavy (non-hydrogen) atoms. The number of carbonyl (C=O) groups is 1. The van der Waals surface area contributed by atoms with Crippen LogP contribution in [0.15, 0.2) is 12.7 Å². The molecular weight excluding hydrogens is 114 g/mol. The summed E-state index contributed by atoms with van der Waals surface area (Å²) in [5, 5.41) is 0. The van der Waals surface area contributed by atoms with Gasteiger partial charge in [-0.25, -0.2) is 0 Å². The number of rotatable bonds is 4. The van der Waals surface area contributed by atoms with Gasteiger partial charge in [0.2, 0.25) is 5.91 Å². The number of hydrogen-bond donors (Lipinski definition) is 1. The molecule has 0 saturated heterocycles. The van der Waals surface area contributed by atoms with Gasteiger partial charge >= 0.3 is 0 Å². The standard InChI is InChI=1S/C7H13NO/c1-3-4-5-6(2)7(8)9/h3,6H,1,4-5H2,2H3,(H2,8,9). The van der Waals surface area contributed by atoms with Crippen molar-refractivity contribution in [3.8, 4) is 0 Å². The van der Waals surface area contributed by atoms with Crippen molar-refractivity contribution in [1.82, 2.24) is 0 Å². The van der Waals surface area contributed by atoms with Gasteiger partial charge in [-0.1, -0.05) is 13.0 Å². The highest BCUT2D eigenvalue weighted by Gasteiger charge is 2.05. The molecule has 0 heterocycles. The van der Waals surface area contributed by atoms with Gasteiger partial charge in [0.05, 0.1) is 0 Å².